The smallest absolute Gasteiger partial charge is 0.256 e. The zero-order chi connectivity index (χ0) is 12.9. The Kier molecular flexibility index (Phi) is 2.45. The number of nitrogens with one attached hydrogen (secondary N) is 1. The summed E-state index contributed by atoms with van der Waals surface area (Å²) in [5.41, 5.74) is 1.46. The number of amides is 1. The van der Waals surface area contributed by atoms with Crippen molar-refractivity contribution in [2.24, 2.45) is 0 Å². The van der Waals surface area contributed by atoms with Crippen LogP contribution >= 0.6 is 0 Å². The molecule has 2 atom stereocenters. The number of nitrogens with zero attached hydrogens (tertiary/aromatic N) is 1. The Hall–Kier alpha value is -1.75. The normalized spacial score (nSPS) is 26.3. The molecule has 2 aliphatic heterocycles. The summed E-state index contributed by atoms with van der Waals surface area (Å²) < 4.78 is 0. The van der Waals surface area contributed by atoms with Crippen LogP contribution in [0.2, 0.25) is 0 Å². The summed E-state index contributed by atoms with van der Waals surface area (Å²) in [5.74, 6) is -0.0760. The van der Waals surface area contributed by atoms with Crippen molar-refractivity contribution < 1.29 is 15.0 Å². The van der Waals surface area contributed by atoms with E-state index in [0.29, 0.717) is 23.4 Å². The number of aromatic hydroxyl groups is 1. The van der Waals surface area contributed by atoms with Gasteiger partial charge in [0.25, 0.3) is 5.91 Å². The van der Waals surface area contributed by atoms with Gasteiger partial charge in [-0.3, -0.25) is 4.79 Å². The predicted molar refractivity (Wildman–Crippen MR) is 66.5 cm³/mol. The lowest BCUT2D eigenvalue weighted by Crippen LogP contribution is -2.43. The molecule has 3 N–H and O–H groups in total. The van der Waals surface area contributed by atoms with Crippen molar-refractivity contribution in [2.75, 3.05) is 11.9 Å². The van der Waals surface area contributed by atoms with Gasteiger partial charge in [-0.25, -0.2) is 0 Å². The molecule has 0 aliphatic carbocycles. The molecule has 1 fully saturated rings. The molecule has 0 radical (unpaired) electrons. The van der Waals surface area contributed by atoms with E-state index in [9.17, 15) is 15.0 Å². The summed E-state index contributed by atoms with van der Waals surface area (Å²) in [7, 11) is 0. The number of benzene rings is 1. The molecule has 18 heavy (non-hydrogen) atoms. The van der Waals surface area contributed by atoms with Crippen molar-refractivity contribution in [3.8, 4) is 5.75 Å². The highest BCUT2D eigenvalue weighted by Gasteiger charge is 2.39. The van der Waals surface area contributed by atoms with E-state index in [-0.39, 0.29) is 17.7 Å². The first-order chi connectivity index (χ1) is 8.59. The van der Waals surface area contributed by atoms with Gasteiger partial charge in [0, 0.05) is 6.54 Å². The van der Waals surface area contributed by atoms with Crippen molar-refractivity contribution in [3.05, 3.63) is 23.3 Å². The van der Waals surface area contributed by atoms with E-state index in [4.69, 9.17) is 0 Å². The Bertz CT molecular complexity index is 515. The van der Waals surface area contributed by atoms with Crippen LogP contribution in [0.15, 0.2) is 12.1 Å². The molecule has 1 aromatic rings. The van der Waals surface area contributed by atoms with Crippen molar-refractivity contribution in [1.82, 2.24) is 4.90 Å². The molecule has 0 unspecified atom stereocenters. The lowest BCUT2D eigenvalue weighted by atomic mass is 10.1. The summed E-state index contributed by atoms with van der Waals surface area (Å²) in [5, 5.41) is 23.0. The van der Waals surface area contributed by atoms with Crippen LogP contribution in [0.25, 0.3) is 0 Å². The number of aryl methyl sites for hydroxylation is 1. The maximum atomic E-state index is 12.4. The molecule has 0 saturated carbocycles. The van der Waals surface area contributed by atoms with Gasteiger partial charge in [-0.15, -0.1) is 0 Å². The SMILES string of the molecule is Cc1ccc2c(c1O)N[C@@H](O)[C@@H]1CCCN1C2=O. The highest BCUT2D eigenvalue weighted by molar-refractivity contribution is 6.02. The van der Waals surface area contributed by atoms with Gasteiger partial charge in [0.15, 0.2) is 0 Å². The first-order valence-electron chi connectivity index (χ1n) is 6.17. The van der Waals surface area contributed by atoms with Crippen LogP contribution in [0.1, 0.15) is 28.8 Å². The topological polar surface area (TPSA) is 72.8 Å². The molecule has 0 spiro atoms. The highest BCUT2D eigenvalue weighted by Crippen LogP contribution is 2.37. The minimum absolute atomic E-state index is 0.0427. The number of anilines is 1. The summed E-state index contributed by atoms with van der Waals surface area (Å²) in [6, 6.07) is 3.22. The van der Waals surface area contributed by atoms with Crippen LogP contribution in [0.5, 0.6) is 5.75 Å². The molecular weight excluding hydrogens is 232 g/mol. The van der Waals surface area contributed by atoms with Crippen molar-refractivity contribution in [2.45, 2.75) is 32.0 Å². The van der Waals surface area contributed by atoms with E-state index >= 15 is 0 Å². The molecule has 5 nitrogen and oxygen atoms in total. The van der Waals surface area contributed by atoms with Crippen LogP contribution in [0.3, 0.4) is 0 Å². The summed E-state index contributed by atoms with van der Waals surface area (Å²) in [6.45, 7) is 2.43. The number of hydrogen-bond acceptors (Lipinski definition) is 4. The second kappa shape index (κ2) is 3.88. The van der Waals surface area contributed by atoms with Gasteiger partial charge >= 0.3 is 0 Å². The molecule has 3 rings (SSSR count). The maximum absolute atomic E-state index is 12.4. The largest absolute Gasteiger partial charge is 0.505 e. The van der Waals surface area contributed by atoms with E-state index in [1.165, 1.54) is 0 Å². The van der Waals surface area contributed by atoms with Crippen LogP contribution < -0.4 is 5.32 Å². The second-order valence-electron chi connectivity index (χ2n) is 4.95. The summed E-state index contributed by atoms with van der Waals surface area (Å²) >= 11 is 0. The number of carbonyl (C=O) groups is 1. The molecule has 2 aliphatic rings. The molecule has 5 heteroatoms. The van der Waals surface area contributed by atoms with Gasteiger partial charge < -0.3 is 20.4 Å². The third kappa shape index (κ3) is 1.47. The molecule has 1 amide bonds. The highest BCUT2D eigenvalue weighted by atomic mass is 16.3. The standard InChI is InChI=1S/C13H16N2O3/c1-7-4-5-8-10(11(7)16)14-12(17)9-3-2-6-15(9)13(8)18/h4-5,9,12,14,16-17H,2-3,6H2,1H3/t9-,12-/m0/s1. The number of fused-ring (bicyclic) bond motifs is 2. The number of aliphatic hydroxyl groups is 1. The number of carbonyl (C=O) groups excluding carboxylic acids is 1. The van der Waals surface area contributed by atoms with Crippen molar-refractivity contribution in [3.63, 3.8) is 0 Å². The first kappa shape index (κ1) is 11.3. The van der Waals surface area contributed by atoms with E-state index in [1.54, 1.807) is 24.0 Å². The van der Waals surface area contributed by atoms with E-state index in [0.717, 1.165) is 12.8 Å². The summed E-state index contributed by atoms with van der Waals surface area (Å²) in [6.07, 6.45) is 0.862. The molecule has 0 aromatic heterocycles. The second-order valence-corrected chi connectivity index (χ2v) is 4.95. The van der Waals surface area contributed by atoms with Gasteiger partial charge in [-0.05, 0) is 31.4 Å². The number of hydrogen-bond donors (Lipinski definition) is 3. The van der Waals surface area contributed by atoms with Crippen LogP contribution in [0.4, 0.5) is 5.69 Å². The van der Waals surface area contributed by atoms with Gasteiger partial charge in [0.1, 0.15) is 12.0 Å². The number of aliphatic hydroxyl groups excluding tert-OH is 1. The average Bonchev–Trinajstić information content (AvgIpc) is 2.80. The molecular formula is C13H16N2O3. The van der Waals surface area contributed by atoms with Crippen LogP contribution in [-0.4, -0.2) is 39.8 Å². The fraction of sp³-hybridized carbons (Fsp3) is 0.462. The lowest BCUT2D eigenvalue weighted by Gasteiger charge is -2.25. The van der Waals surface area contributed by atoms with Gasteiger partial charge in [0.2, 0.25) is 0 Å². The Morgan fingerprint density at radius 3 is 3.00 bits per heavy atom. The van der Waals surface area contributed by atoms with Gasteiger partial charge in [-0.2, -0.15) is 0 Å². The van der Waals surface area contributed by atoms with Crippen molar-refractivity contribution >= 4 is 11.6 Å². The molecule has 2 heterocycles. The average molecular weight is 248 g/mol. The zero-order valence-corrected chi connectivity index (χ0v) is 10.2. The number of rotatable bonds is 0. The van der Waals surface area contributed by atoms with Gasteiger partial charge in [-0.1, -0.05) is 6.07 Å². The third-order valence-electron chi connectivity index (χ3n) is 3.83. The lowest BCUT2D eigenvalue weighted by molar-refractivity contribution is 0.0581. The fourth-order valence-electron chi connectivity index (χ4n) is 2.79. The van der Waals surface area contributed by atoms with E-state index in [2.05, 4.69) is 5.32 Å². The van der Waals surface area contributed by atoms with E-state index < -0.39 is 6.23 Å². The van der Waals surface area contributed by atoms with Crippen LogP contribution in [0, 0.1) is 6.92 Å². The maximum Gasteiger partial charge on any atom is 0.256 e. The fourth-order valence-corrected chi connectivity index (χ4v) is 2.79. The third-order valence-corrected chi connectivity index (χ3v) is 3.83. The minimum atomic E-state index is -0.828. The molecule has 96 valence electrons. The Labute approximate surface area is 105 Å². The zero-order valence-electron chi connectivity index (χ0n) is 10.2. The summed E-state index contributed by atoms with van der Waals surface area (Å²) in [4.78, 5) is 14.1. The Balaban J connectivity index is 2.14. The van der Waals surface area contributed by atoms with Crippen molar-refractivity contribution in [1.29, 1.82) is 0 Å². The molecule has 1 aromatic carbocycles. The quantitative estimate of drug-likeness (QED) is 0.600. The number of phenolic OH excluding ortho intramolecular Hbond substituents is 1. The number of phenols is 1. The Morgan fingerprint density at radius 1 is 1.44 bits per heavy atom. The minimum Gasteiger partial charge on any atom is -0.505 e. The Morgan fingerprint density at radius 2 is 2.22 bits per heavy atom. The first-order valence-corrected chi connectivity index (χ1v) is 6.17. The molecule has 1 saturated heterocycles. The monoisotopic (exact) mass is 248 g/mol. The molecule has 0 bridgehead atoms. The van der Waals surface area contributed by atoms with Crippen LogP contribution in [-0.2, 0) is 0 Å². The van der Waals surface area contributed by atoms with Gasteiger partial charge in [0.05, 0.1) is 17.3 Å². The predicted octanol–water partition coefficient (Wildman–Crippen LogP) is 1.05. The van der Waals surface area contributed by atoms with E-state index in [1.807, 2.05) is 0 Å².